The number of hydrogen-bond acceptors (Lipinski definition) is 7. The SMILES string of the molecule is CCC(=O)CCCCCCc1ncc(-c2cc3ccccc3nc2OC)o1.NC=NC=NCC(N)=O. The number of pyridine rings is 1. The molecule has 192 valence electrons. The minimum Gasteiger partial charge on any atom is -0.480 e. The number of ether oxygens (including phenoxy) is 1. The number of Topliss-reactive ketones (excluding diaryl/α,β-unsaturated/α-hetero) is 1. The van der Waals surface area contributed by atoms with Crippen molar-refractivity contribution in [2.75, 3.05) is 13.7 Å². The Hall–Kier alpha value is -4.08. The Morgan fingerprint density at radius 2 is 1.94 bits per heavy atom. The first-order valence-corrected chi connectivity index (χ1v) is 11.9. The third kappa shape index (κ3) is 9.65. The maximum atomic E-state index is 11.3. The van der Waals surface area contributed by atoms with E-state index in [1.54, 1.807) is 13.3 Å². The Labute approximate surface area is 210 Å². The van der Waals surface area contributed by atoms with E-state index in [1.165, 1.54) is 6.34 Å². The lowest BCUT2D eigenvalue weighted by Crippen LogP contribution is -2.13. The number of benzene rings is 1. The monoisotopic (exact) mass is 494 g/mol. The van der Waals surface area contributed by atoms with Crippen LogP contribution in [0.2, 0.25) is 0 Å². The molecule has 3 aromatic rings. The van der Waals surface area contributed by atoms with Gasteiger partial charge in [0.15, 0.2) is 11.7 Å². The van der Waals surface area contributed by atoms with E-state index in [-0.39, 0.29) is 6.54 Å². The number of rotatable bonds is 13. The first-order valence-electron chi connectivity index (χ1n) is 11.9. The molecule has 0 bridgehead atoms. The van der Waals surface area contributed by atoms with Crippen molar-refractivity contribution in [3.8, 4) is 17.2 Å². The molecular weight excluding hydrogens is 460 g/mol. The molecular formula is C26H34N6O4. The molecule has 0 spiro atoms. The second-order valence-corrected chi connectivity index (χ2v) is 7.88. The maximum Gasteiger partial charge on any atom is 0.239 e. The van der Waals surface area contributed by atoms with Crippen LogP contribution in [0.4, 0.5) is 0 Å². The summed E-state index contributed by atoms with van der Waals surface area (Å²) in [5.41, 5.74) is 11.3. The van der Waals surface area contributed by atoms with Crippen LogP contribution in [-0.2, 0) is 16.0 Å². The van der Waals surface area contributed by atoms with Crippen LogP contribution in [0.15, 0.2) is 50.9 Å². The normalized spacial score (nSPS) is 11.1. The van der Waals surface area contributed by atoms with Gasteiger partial charge in [-0.3, -0.25) is 14.6 Å². The molecule has 4 N–H and O–H groups in total. The molecule has 0 aliphatic carbocycles. The lowest BCUT2D eigenvalue weighted by molar-refractivity contribution is -0.119. The summed E-state index contributed by atoms with van der Waals surface area (Å²) < 4.78 is 11.4. The topological polar surface area (TPSA) is 159 Å². The highest BCUT2D eigenvalue weighted by Crippen LogP contribution is 2.32. The fourth-order valence-electron chi connectivity index (χ4n) is 3.33. The molecule has 10 nitrogen and oxygen atoms in total. The van der Waals surface area contributed by atoms with Crippen LogP contribution in [-0.4, -0.2) is 48.0 Å². The number of aromatic nitrogens is 2. The summed E-state index contributed by atoms with van der Waals surface area (Å²) in [6.45, 7) is 1.87. The molecule has 10 heteroatoms. The van der Waals surface area contributed by atoms with Gasteiger partial charge in [-0.15, -0.1) is 0 Å². The van der Waals surface area contributed by atoms with E-state index in [0.717, 1.165) is 60.8 Å². The lowest BCUT2D eigenvalue weighted by atomic mass is 10.1. The van der Waals surface area contributed by atoms with E-state index >= 15 is 0 Å². The fraction of sp³-hybridized carbons (Fsp3) is 0.385. The second-order valence-electron chi connectivity index (χ2n) is 7.88. The van der Waals surface area contributed by atoms with Gasteiger partial charge in [-0.2, -0.15) is 0 Å². The molecule has 3 rings (SSSR count). The minimum absolute atomic E-state index is 0.0443. The highest BCUT2D eigenvalue weighted by atomic mass is 16.5. The zero-order chi connectivity index (χ0) is 26.2. The number of nitrogens with zero attached hydrogens (tertiary/aromatic N) is 4. The number of methoxy groups -OCH3 is 1. The van der Waals surface area contributed by atoms with Gasteiger partial charge in [-0.25, -0.2) is 15.0 Å². The van der Waals surface area contributed by atoms with Crippen LogP contribution < -0.4 is 16.2 Å². The van der Waals surface area contributed by atoms with E-state index in [2.05, 4.69) is 20.0 Å². The molecule has 2 aromatic heterocycles. The summed E-state index contributed by atoms with van der Waals surface area (Å²) in [6.07, 6.45) is 10.3. The van der Waals surface area contributed by atoms with Crippen molar-refractivity contribution < 1.29 is 18.7 Å². The van der Waals surface area contributed by atoms with Gasteiger partial charge in [0.2, 0.25) is 11.8 Å². The predicted octanol–water partition coefficient (Wildman–Crippen LogP) is 3.86. The number of amides is 1. The molecule has 0 aliphatic rings. The number of primary amides is 1. The molecule has 0 saturated heterocycles. The number of fused-ring (bicyclic) bond motifs is 1. The van der Waals surface area contributed by atoms with Crippen molar-refractivity contribution in [1.82, 2.24) is 9.97 Å². The number of oxazole rings is 1. The van der Waals surface area contributed by atoms with Gasteiger partial charge in [-0.1, -0.05) is 38.0 Å². The van der Waals surface area contributed by atoms with Crippen molar-refractivity contribution in [3.05, 3.63) is 42.4 Å². The third-order valence-electron chi connectivity index (χ3n) is 5.17. The van der Waals surface area contributed by atoms with Crippen LogP contribution in [0, 0.1) is 0 Å². The largest absolute Gasteiger partial charge is 0.480 e. The molecule has 36 heavy (non-hydrogen) atoms. The molecule has 0 radical (unpaired) electrons. The summed E-state index contributed by atoms with van der Waals surface area (Å²) in [5, 5.41) is 1.04. The molecule has 1 amide bonds. The van der Waals surface area contributed by atoms with Crippen molar-refractivity contribution in [2.24, 2.45) is 21.5 Å². The van der Waals surface area contributed by atoms with Crippen LogP contribution in [0.1, 0.15) is 51.3 Å². The average Bonchev–Trinajstić information content (AvgIpc) is 3.36. The van der Waals surface area contributed by atoms with Gasteiger partial charge >= 0.3 is 0 Å². The Morgan fingerprint density at radius 3 is 2.67 bits per heavy atom. The summed E-state index contributed by atoms with van der Waals surface area (Å²) in [5.74, 6) is 1.80. The van der Waals surface area contributed by atoms with E-state index < -0.39 is 5.91 Å². The Kier molecular flexibility index (Phi) is 12.3. The van der Waals surface area contributed by atoms with E-state index in [1.807, 2.05) is 37.3 Å². The molecule has 2 heterocycles. The Bertz CT molecular complexity index is 1170. The maximum absolute atomic E-state index is 11.3. The van der Waals surface area contributed by atoms with Crippen LogP contribution in [0.5, 0.6) is 5.88 Å². The van der Waals surface area contributed by atoms with Crippen LogP contribution >= 0.6 is 0 Å². The van der Waals surface area contributed by atoms with Gasteiger partial charge < -0.3 is 20.6 Å². The number of aryl methyl sites for hydroxylation is 1. The molecule has 0 atom stereocenters. The first-order chi connectivity index (χ1) is 17.5. The molecule has 0 saturated carbocycles. The number of para-hydroxylation sites is 1. The van der Waals surface area contributed by atoms with Gasteiger partial charge in [0.1, 0.15) is 18.7 Å². The highest BCUT2D eigenvalue weighted by molar-refractivity contribution is 5.85. The highest BCUT2D eigenvalue weighted by Gasteiger charge is 2.14. The second kappa shape index (κ2) is 15.8. The predicted molar refractivity (Wildman–Crippen MR) is 141 cm³/mol. The van der Waals surface area contributed by atoms with Crippen molar-refractivity contribution in [1.29, 1.82) is 0 Å². The average molecular weight is 495 g/mol. The summed E-state index contributed by atoms with van der Waals surface area (Å²) in [7, 11) is 1.61. The van der Waals surface area contributed by atoms with Gasteiger partial charge in [-0.05, 0) is 25.0 Å². The number of unbranched alkanes of at least 4 members (excludes halogenated alkanes) is 3. The number of carbonyl (C=O) groups excluding carboxylic acids is 2. The van der Waals surface area contributed by atoms with Crippen LogP contribution in [0.3, 0.4) is 0 Å². The molecule has 0 fully saturated rings. The summed E-state index contributed by atoms with van der Waals surface area (Å²) in [6, 6.07) is 9.95. The quantitative estimate of drug-likeness (QED) is 0.207. The number of ketones is 1. The Morgan fingerprint density at radius 1 is 1.17 bits per heavy atom. The number of nitrogens with two attached hydrogens (primary N) is 2. The first kappa shape index (κ1) is 28.2. The molecule has 0 unspecified atom stereocenters. The minimum atomic E-state index is -0.488. The van der Waals surface area contributed by atoms with Crippen molar-refractivity contribution in [3.63, 3.8) is 0 Å². The standard InChI is InChI=1S/C22H26N2O3.C4H8N4O/c1-3-17(25)11-6-4-5-7-13-21-23-15-20(27-21)18-14-16-10-8-9-12-19(16)24-22(18)26-2;5-2-8-3-7-1-4(6)9/h8-10,12,14-15H,3-7,11,13H2,1-2H3;2-3H,1H2,(H2,6,9)(H2,5,7,8). The van der Waals surface area contributed by atoms with E-state index in [0.29, 0.717) is 30.3 Å². The summed E-state index contributed by atoms with van der Waals surface area (Å²) >= 11 is 0. The zero-order valence-electron chi connectivity index (χ0n) is 20.9. The van der Waals surface area contributed by atoms with Gasteiger partial charge in [0.05, 0.1) is 30.7 Å². The van der Waals surface area contributed by atoms with Crippen LogP contribution in [0.25, 0.3) is 22.2 Å². The number of aliphatic imine (C=N–C) groups is 2. The fourth-order valence-corrected chi connectivity index (χ4v) is 3.33. The lowest BCUT2D eigenvalue weighted by Gasteiger charge is -2.07. The van der Waals surface area contributed by atoms with Crippen molar-refractivity contribution in [2.45, 2.75) is 51.9 Å². The third-order valence-corrected chi connectivity index (χ3v) is 5.17. The summed E-state index contributed by atoms with van der Waals surface area (Å²) in [4.78, 5) is 37.1. The molecule has 0 aliphatic heterocycles. The number of hydrogen-bond donors (Lipinski definition) is 2. The van der Waals surface area contributed by atoms with Crippen molar-refractivity contribution >= 4 is 35.3 Å². The van der Waals surface area contributed by atoms with Gasteiger partial charge in [0.25, 0.3) is 0 Å². The zero-order valence-corrected chi connectivity index (χ0v) is 20.9. The van der Waals surface area contributed by atoms with E-state index in [4.69, 9.17) is 20.6 Å². The number of carbonyl (C=O) groups is 2. The Balaban J connectivity index is 0.000000434. The smallest absolute Gasteiger partial charge is 0.239 e. The van der Waals surface area contributed by atoms with E-state index in [9.17, 15) is 9.59 Å². The molecule has 1 aromatic carbocycles. The van der Waals surface area contributed by atoms with Gasteiger partial charge in [0, 0.05) is 24.6 Å².